The highest BCUT2D eigenvalue weighted by molar-refractivity contribution is 9.10. The van der Waals surface area contributed by atoms with Gasteiger partial charge in [-0.05, 0) is 35.0 Å². The number of nitrogens with zero attached hydrogens (tertiary/aromatic N) is 2. The van der Waals surface area contributed by atoms with Gasteiger partial charge in [-0.2, -0.15) is 10.3 Å². The Morgan fingerprint density at radius 1 is 1.53 bits per heavy atom. The van der Waals surface area contributed by atoms with Crippen LogP contribution in [0.5, 0.6) is 5.75 Å². The number of aromatic amines is 1. The number of benzene rings is 1. The number of H-pyrrole nitrogens is 1. The van der Waals surface area contributed by atoms with Crippen LogP contribution in [0.4, 0.5) is 0 Å². The number of aromatic hydroxyl groups is 1. The first-order valence-electron chi connectivity index (χ1n) is 5.31. The zero-order valence-corrected chi connectivity index (χ0v) is 12.1. The molecule has 0 aliphatic rings. The van der Waals surface area contributed by atoms with E-state index in [1.807, 2.05) is 0 Å². The van der Waals surface area contributed by atoms with Crippen LogP contribution >= 0.6 is 27.5 Å². The van der Waals surface area contributed by atoms with Crippen LogP contribution < -0.4 is 0 Å². The predicted molar refractivity (Wildman–Crippen MR) is 72.2 cm³/mol. The van der Waals surface area contributed by atoms with Crippen molar-refractivity contribution in [1.29, 1.82) is 0 Å². The zero-order valence-electron chi connectivity index (χ0n) is 9.78. The molecule has 0 fully saturated rings. The number of nitrogens with one attached hydrogen (secondary N) is 1. The number of esters is 1. The van der Waals surface area contributed by atoms with Crippen molar-refractivity contribution < 1.29 is 14.6 Å². The highest BCUT2D eigenvalue weighted by Gasteiger charge is 2.24. The average molecular weight is 347 g/mol. The van der Waals surface area contributed by atoms with Crippen molar-refractivity contribution >= 4 is 33.5 Å². The molecule has 1 aromatic heterocycles. The maximum Gasteiger partial charge on any atom is 0.361 e. The van der Waals surface area contributed by atoms with Crippen molar-refractivity contribution in [3.05, 3.63) is 27.3 Å². The minimum Gasteiger partial charge on any atom is -0.507 e. The molecule has 19 heavy (non-hydrogen) atoms. The van der Waals surface area contributed by atoms with Gasteiger partial charge in [0.1, 0.15) is 11.4 Å². The van der Waals surface area contributed by atoms with E-state index in [1.165, 1.54) is 12.1 Å². The summed E-state index contributed by atoms with van der Waals surface area (Å²) in [4.78, 5) is 11.7. The van der Waals surface area contributed by atoms with Crippen LogP contribution in [0.3, 0.4) is 0 Å². The normalized spacial score (nSPS) is 10.5. The fourth-order valence-electron chi connectivity index (χ4n) is 1.51. The summed E-state index contributed by atoms with van der Waals surface area (Å²) in [6.45, 7) is 1.90. The molecule has 2 rings (SSSR count). The Morgan fingerprint density at radius 3 is 2.95 bits per heavy atom. The van der Waals surface area contributed by atoms with E-state index in [9.17, 15) is 9.90 Å². The number of phenolic OH excluding ortho intramolecular Hbond substituents is 1. The number of aromatic nitrogens is 3. The lowest BCUT2D eigenvalue weighted by atomic mass is 10.1. The van der Waals surface area contributed by atoms with Gasteiger partial charge < -0.3 is 9.84 Å². The zero-order chi connectivity index (χ0) is 14.0. The van der Waals surface area contributed by atoms with Gasteiger partial charge in [-0.3, -0.25) is 0 Å². The molecule has 1 heterocycles. The van der Waals surface area contributed by atoms with E-state index >= 15 is 0 Å². The number of halogens is 2. The lowest BCUT2D eigenvalue weighted by Gasteiger charge is -2.07. The molecule has 0 spiro atoms. The molecule has 0 aliphatic heterocycles. The molecule has 0 bridgehead atoms. The van der Waals surface area contributed by atoms with Crippen molar-refractivity contribution in [3.63, 3.8) is 0 Å². The maximum atomic E-state index is 11.7. The van der Waals surface area contributed by atoms with Crippen LogP contribution in [0.1, 0.15) is 17.4 Å². The Morgan fingerprint density at radius 2 is 2.26 bits per heavy atom. The van der Waals surface area contributed by atoms with Crippen LogP contribution in [0, 0.1) is 0 Å². The summed E-state index contributed by atoms with van der Waals surface area (Å²) in [5.41, 5.74) is 0.440. The standard InChI is InChI=1S/C11H9BrClN3O3/c1-2-19-11(18)10-9(14-16-15-10)7-6(17)4-3-5(13)8(7)12/h3-4,17H,2H2,1H3,(H,14,15,16). The van der Waals surface area contributed by atoms with Gasteiger partial charge in [0.2, 0.25) is 0 Å². The second-order valence-electron chi connectivity index (χ2n) is 3.50. The van der Waals surface area contributed by atoms with E-state index in [2.05, 4.69) is 31.3 Å². The first-order chi connectivity index (χ1) is 9.06. The van der Waals surface area contributed by atoms with Gasteiger partial charge in [0, 0.05) is 4.47 Å². The fraction of sp³-hybridized carbons (Fsp3) is 0.182. The van der Waals surface area contributed by atoms with Crippen LogP contribution in [-0.2, 0) is 4.74 Å². The summed E-state index contributed by atoms with van der Waals surface area (Å²) < 4.78 is 5.29. The van der Waals surface area contributed by atoms with Crippen molar-refractivity contribution in [2.24, 2.45) is 0 Å². The first kappa shape index (κ1) is 13.8. The van der Waals surface area contributed by atoms with Gasteiger partial charge in [0.05, 0.1) is 17.2 Å². The van der Waals surface area contributed by atoms with E-state index in [1.54, 1.807) is 6.92 Å². The quantitative estimate of drug-likeness (QED) is 0.834. The van der Waals surface area contributed by atoms with E-state index < -0.39 is 5.97 Å². The molecule has 0 radical (unpaired) electrons. The topological polar surface area (TPSA) is 88.1 Å². The fourth-order valence-corrected chi connectivity index (χ4v) is 2.19. The molecule has 0 saturated heterocycles. The molecule has 100 valence electrons. The monoisotopic (exact) mass is 345 g/mol. The summed E-state index contributed by atoms with van der Waals surface area (Å²) in [5.74, 6) is -0.701. The number of carbonyl (C=O) groups excluding carboxylic acids is 1. The van der Waals surface area contributed by atoms with E-state index in [-0.39, 0.29) is 29.3 Å². The van der Waals surface area contributed by atoms with Gasteiger partial charge >= 0.3 is 5.97 Å². The smallest absolute Gasteiger partial charge is 0.361 e. The van der Waals surface area contributed by atoms with Crippen LogP contribution in [-0.4, -0.2) is 33.1 Å². The summed E-state index contributed by atoms with van der Waals surface area (Å²) in [5, 5.41) is 20.2. The van der Waals surface area contributed by atoms with Crippen LogP contribution in [0.2, 0.25) is 5.02 Å². The minimum atomic E-state index is -0.627. The van der Waals surface area contributed by atoms with Gasteiger partial charge in [-0.15, -0.1) is 5.10 Å². The van der Waals surface area contributed by atoms with Crippen LogP contribution in [0.25, 0.3) is 11.3 Å². The minimum absolute atomic E-state index is 0.0138. The number of hydrogen-bond donors (Lipinski definition) is 2. The van der Waals surface area contributed by atoms with E-state index in [4.69, 9.17) is 16.3 Å². The Bertz CT molecular complexity index is 630. The SMILES string of the molecule is CCOC(=O)c1n[nH]nc1-c1c(O)ccc(Cl)c1Br. The van der Waals surface area contributed by atoms with E-state index in [0.717, 1.165) is 0 Å². The molecule has 2 N–H and O–H groups in total. The molecule has 1 aromatic carbocycles. The van der Waals surface area contributed by atoms with Crippen molar-refractivity contribution in [1.82, 2.24) is 15.4 Å². The van der Waals surface area contributed by atoms with Gasteiger partial charge in [-0.1, -0.05) is 11.6 Å². The molecule has 2 aromatic rings. The molecule has 0 saturated carbocycles. The van der Waals surface area contributed by atoms with Crippen molar-refractivity contribution in [2.45, 2.75) is 6.92 Å². The highest BCUT2D eigenvalue weighted by atomic mass is 79.9. The Kier molecular flexibility index (Phi) is 4.06. The molecular weight excluding hydrogens is 337 g/mol. The predicted octanol–water partition coefficient (Wildman–Crippen LogP) is 2.77. The Labute approximate surface area is 121 Å². The first-order valence-corrected chi connectivity index (χ1v) is 6.48. The second-order valence-corrected chi connectivity index (χ2v) is 4.70. The summed E-state index contributed by atoms with van der Waals surface area (Å²) in [6.07, 6.45) is 0. The number of phenols is 1. The molecule has 8 heteroatoms. The number of hydrogen-bond acceptors (Lipinski definition) is 5. The molecule has 6 nitrogen and oxygen atoms in total. The Balaban J connectivity index is 2.58. The Hall–Kier alpha value is -1.60. The molecular formula is C11H9BrClN3O3. The van der Waals surface area contributed by atoms with Gasteiger partial charge in [-0.25, -0.2) is 4.79 Å². The maximum absolute atomic E-state index is 11.7. The van der Waals surface area contributed by atoms with Crippen LogP contribution in [0.15, 0.2) is 16.6 Å². The average Bonchev–Trinajstić information content (AvgIpc) is 2.84. The number of ether oxygens (including phenoxy) is 1. The molecule has 0 aliphatic carbocycles. The third kappa shape index (κ3) is 2.57. The second kappa shape index (κ2) is 5.58. The lowest BCUT2D eigenvalue weighted by Crippen LogP contribution is -2.07. The summed E-state index contributed by atoms with van der Waals surface area (Å²) in [7, 11) is 0. The van der Waals surface area contributed by atoms with Gasteiger partial charge in [0.15, 0.2) is 5.69 Å². The van der Waals surface area contributed by atoms with Crippen molar-refractivity contribution in [2.75, 3.05) is 6.61 Å². The van der Waals surface area contributed by atoms with Crippen molar-refractivity contribution in [3.8, 4) is 17.0 Å². The van der Waals surface area contributed by atoms with Gasteiger partial charge in [0.25, 0.3) is 0 Å². The lowest BCUT2D eigenvalue weighted by molar-refractivity contribution is 0.0520. The molecule has 0 atom stereocenters. The largest absolute Gasteiger partial charge is 0.507 e. The third-order valence-electron chi connectivity index (χ3n) is 2.33. The third-order valence-corrected chi connectivity index (χ3v) is 3.69. The number of carbonyl (C=O) groups is 1. The summed E-state index contributed by atoms with van der Waals surface area (Å²) in [6, 6.07) is 2.93. The summed E-state index contributed by atoms with van der Waals surface area (Å²) >= 11 is 9.21. The number of rotatable bonds is 3. The molecule has 0 unspecified atom stereocenters. The van der Waals surface area contributed by atoms with E-state index in [0.29, 0.717) is 9.50 Å². The molecule has 0 amide bonds. The highest BCUT2D eigenvalue weighted by Crippen LogP contribution is 2.40.